The van der Waals surface area contributed by atoms with Crippen LogP contribution >= 0.6 is 0 Å². The van der Waals surface area contributed by atoms with Gasteiger partial charge in [-0.3, -0.25) is 9.69 Å². The SMILES string of the molecule is Nc1cc(N)cc(C(=O)N2CCC(N3CCCCC3)C2)c1. The minimum Gasteiger partial charge on any atom is -0.399 e. The predicted octanol–water partition coefficient (Wildman–Crippen LogP) is 1.55. The number of carbonyl (C=O) groups is 1. The lowest BCUT2D eigenvalue weighted by Crippen LogP contribution is -2.41. The van der Waals surface area contributed by atoms with E-state index in [1.165, 1.54) is 32.4 Å². The van der Waals surface area contributed by atoms with Crippen molar-refractivity contribution in [2.24, 2.45) is 0 Å². The van der Waals surface area contributed by atoms with Gasteiger partial charge >= 0.3 is 0 Å². The number of nitrogen functional groups attached to an aromatic ring is 2. The molecule has 0 aromatic heterocycles. The van der Waals surface area contributed by atoms with Gasteiger partial charge in [0, 0.05) is 36.1 Å². The number of anilines is 2. The van der Waals surface area contributed by atoms with E-state index >= 15 is 0 Å². The van der Waals surface area contributed by atoms with E-state index < -0.39 is 0 Å². The van der Waals surface area contributed by atoms with E-state index in [1.807, 2.05) is 4.90 Å². The lowest BCUT2D eigenvalue weighted by molar-refractivity contribution is 0.0771. The van der Waals surface area contributed by atoms with Crippen molar-refractivity contribution >= 4 is 17.3 Å². The number of nitrogens with zero attached hydrogens (tertiary/aromatic N) is 2. The summed E-state index contributed by atoms with van der Waals surface area (Å²) in [6.07, 6.45) is 4.99. The van der Waals surface area contributed by atoms with Gasteiger partial charge in [0.2, 0.25) is 0 Å². The fourth-order valence-corrected chi connectivity index (χ4v) is 3.49. The van der Waals surface area contributed by atoms with Gasteiger partial charge in [-0.1, -0.05) is 6.42 Å². The van der Waals surface area contributed by atoms with Crippen molar-refractivity contribution in [3.05, 3.63) is 23.8 Å². The molecule has 0 saturated carbocycles. The fraction of sp³-hybridized carbons (Fsp3) is 0.562. The summed E-state index contributed by atoms with van der Waals surface area (Å²) in [5, 5.41) is 0. The van der Waals surface area contributed by atoms with Crippen LogP contribution in [-0.2, 0) is 0 Å². The van der Waals surface area contributed by atoms with Crippen molar-refractivity contribution < 1.29 is 4.79 Å². The van der Waals surface area contributed by atoms with Crippen LogP contribution in [-0.4, -0.2) is 47.9 Å². The van der Waals surface area contributed by atoms with Gasteiger partial charge in [-0.25, -0.2) is 0 Å². The number of carbonyl (C=O) groups excluding carboxylic acids is 1. The molecule has 0 aliphatic carbocycles. The Labute approximate surface area is 125 Å². The molecule has 1 aromatic carbocycles. The average molecular weight is 288 g/mol. The number of hydrogen-bond acceptors (Lipinski definition) is 4. The smallest absolute Gasteiger partial charge is 0.254 e. The van der Waals surface area contributed by atoms with Crippen LogP contribution in [0.5, 0.6) is 0 Å². The van der Waals surface area contributed by atoms with Gasteiger partial charge < -0.3 is 16.4 Å². The minimum absolute atomic E-state index is 0.0495. The fourth-order valence-electron chi connectivity index (χ4n) is 3.49. The van der Waals surface area contributed by atoms with Crippen LogP contribution in [0, 0.1) is 0 Å². The molecule has 3 rings (SSSR count). The van der Waals surface area contributed by atoms with E-state index in [-0.39, 0.29) is 5.91 Å². The number of likely N-dealkylation sites (tertiary alicyclic amines) is 2. The quantitative estimate of drug-likeness (QED) is 0.810. The molecule has 2 saturated heterocycles. The molecule has 0 spiro atoms. The first-order valence-corrected chi connectivity index (χ1v) is 7.83. The van der Waals surface area contributed by atoms with E-state index in [1.54, 1.807) is 18.2 Å². The molecule has 1 amide bonds. The monoisotopic (exact) mass is 288 g/mol. The number of hydrogen-bond donors (Lipinski definition) is 2. The predicted molar refractivity (Wildman–Crippen MR) is 85.0 cm³/mol. The van der Waals surface area contributed by atoms with Gasteiger partial charge in [-0.2, -0.15) is 0 Å². The number of piperidine rings is 1. The molecule has 1 atom stereocenters. The Morgan fingerprint density at radius 3 is 2.33 bits per heavy atom. The molecule has 0 radical (unpaired) electrons. The molecule has 1 unspecified atom stereocenters. The van der Waals surface area contributed by atoms with Crippen molar-refractivity contribution in [3.63, 3.8) is 0 Å². The maximum Gasteiger partial charge on any atom is 0.254 e. The number of benzene rings is 1. The molecule has 2 aliphatic rings. The normalized spacial score (nSPS) is 23.4. The number of nitrogens with two attached hydrogens (primary N) is 2. The van der Waals surface area contributed by atoms with Gasteiger partial charge in [0.25, 0.3) is 5.91 Å². The highest BCUT2D eigenvalue weighted by Crippen LogP contribution is 2.23. The summed E-state index contributed by atoms with van der Waals surface area (Å²) < 4.78 is 0. The van der Waals surface area contributed by atoms with Gasteiger partial charge in [0.05, 0.1) is 0 Å². The number of rotatable bonds is 2. The molecule has 2 heterocycles. The lowest BCUT2D eigenvalue weighted by atomic mass is 10.1. The molecule has 0 bridgehead atoms. The summed E-state index contributed by atoms with van der Waals surface area (Å²) in [4.78, 5) is 17.1. The zero-order valence-corrected chi connectivity index (χ0v) is 12.4. The Kier molecular flexibility index (Phi) is 4.01. The Hall–Kier alpha value is -1.75. The number of amides is 1. The Morgan fingerprint density at radius 2 is 1.67 bits per heavy atom. The van der Waals surface area contributed by atoms with E-state index in [0.717, 1.165) is 19.5 Å². The molecule has 2 fully saturated rings. The third-order valence-electron chi connectivity index (χ3n) is 4.58. The van der Waals surface area contributed by atoms with Gasteiger partial charge in [-0.05, 0) is 50.6 Å². The van der Waals surface area contributed by atoms with Crippen LogP contribution in [0.1, 0.15) is 36.0 Å². The molecular formula is C16H24N4O. The molecule has 1 aromatic rings. The standard InChI is InChI=1S/C16H24N4O/c17-13-8-12(9-14(18)10-13)16(21)20-7-4-15(11-20)19-5-2-1-3-6-19/h8-10,15H,1-7,11,17-18H2. The lowest BCUT2D eigenvalue weighted by Gasteiger charge is -2.32. The summed E-state index contributed by atoms with van der Waals surface area (Å²) >= 11 is 0. The maximum atomic E-state index is 12.6. The van der Waals surface area contributed by atoms with Crippen molar-refractivity contribution in [2.45, 2.75) is 31.7 Å². The zero-order valence-electron chi connectivity index (χ0n) is 12.4. The molecule has 5 heteroatoms. The Morgan fingerprint density at radius 1 is 1.00 bits per heavy atom. The zero-order chi connectivity index (χ0) is 14.8. The first-order chi connectivity index (χ1) is 10.1. The molecular weight excluding hydrogens is 264 g/mol. The highest BCUT2D eigenvalue weighted by Gasteiger charge is 2.31. The Bertz CT molecular complexity index is 505. The maximum absolute atomic E-state index is 12.6. The third kappa shape index (κ3) is 3.13. The first kappa shape index (κ1) is 14.2. The van der Waals surface area contributed by atoms with Gasteiger partial charge in [0.1, 0.15) is 0 Å². The van der Waals surface area contributed by atoms with Crippen LogP contribution in [0.2, 0.25) is 0 Å². The Balaban J connectivity index is 1.66. The second-order valence-corrected chi connectivity index (χ2v) is 6.18. The molecule has 4 N–H and O–H groups in total. The van der Waals surface area contributed by atoms with Crippen LogP contribution in [0.4, 0.5) is 11.4 Å². The van der Waals surface area contributed by atoms with Crippen LogP contribution in [0.15, 0.2) is 18.2 Å². The van der Waals surface area contributed by atoms with E-state index in [2.05, 4.69) is 4.90 Å². The van der Waals surface area contributed by atoms with Gasteiger partial charge in [-0.15, -0.1) is 0 Å². The summed E-state index contributed by atoms with van der Waals surface area (Å²) in [6, 6.07) is 5.63. The highest BCUT2D eigenvalue weighted by molar-refractivity contribution is 5.96. The second kappa shape index (κ2) is 5.93. The molecule has 114 valence electrons. The second-order valence-electron chi connectivity index (χ2n) is 6.18. The average Bonchev–Trinajstić information content (AvgIpc) is 2.96. The van der Waals surface area contributed by atoms with E-state index in [4.69, 9.17) is 11.5 Å². The van der Waals surface area contributed by atoms with Gasteiger partial charge in [0.15, 0.2) is 0 Å². The molecule has 5 nitrogen and oxygen atoms in total. The first-order valence-electron chi connectivity index (χ1n) is 7.83. The third-order valence-corrected chi connectivity index (χ3v) is 4.58. The van der Waals surface area contributed by atoms with Crippen molar-refractivity contribution in [1.29, 1.82) is 0 Å². The van der Waals surface area contributed by atoms with Crippen LogP contribution < -0.4 is 11.5 Å². The van der Waals surface area contributed by atoms with Crippen molar-refractivity contribution in [1.82, 2.24) is 9.80 Å². The minimum atomic E-state index is 0.0495. The summed E-state index contributed by atoms with van der Waals surface area (Å²) in [7, 11) is 0. The summed E-state index contributed by atoms with van der Waals surface area (Å²) in [5.74, 6) is 0.0495. The van der Waals surface area contributed by atoms with Crippen LogP contribution in [0.25, 0.3) is 0 Å². The summed E-state index contributed by atoms with van der Waals surface area (Å²) in [5.41, 5.74) is 13.3. The topological polar surface area (TPSA) is 75.6 Å². The van der Waals surface area contributed by atoms with Crippen molar-refractivity contribution in [2.75, 3.05) is 37.6 Å². The van der Waals surface area contributed by atoms with Crippen LogP contribution in [0.3, 0.4) is 0 Å². The molecule has 2 aliphatic heterocycles. The largest absolute Gasteiger partial charge is 0.399 e. The van der Waals surface area contributed by atoms with E-state index in [0.29, 0.717) is 23.0 Å². The summed E-state index contributed by atoms with van der Waals surface area (Å²) in [6.45, 7) is 4.01. The molecule has 21 heavy (non-hydrogen) atoms. The van der Waals surface area contributed by atoms with Crippen molar-refractivity contribution in [3.8, 4) is 0 Å². The van der Waals surface area contributed by atoms with E-state index in [9.17, 15) is 4.79 Å². The highest BCUT2D eigenvalue weighted by atomic mass is 16.2.